The van der Waals surface area contributed by atoms with Crippen molar-refractivity contribution in [2.24, 2.45) is 0 Å². The minimum atomic E-state index is 0.361. The molecule has 4 heteroatoms. The molecule has 0 saturated heterocycles. The quantitative estimate of drug-likeness (QED) is 0.718. The fourth-order valence-electron chi connectivity index (χ4n) is 1.41. The van der Waals surface area contributed by atoms with E-state index < -0.39 is 0 Å². The summed E-state index contributed by atoms with van der Waals surface area (Å²) >= 11 is 0. The summed E-state index contributed by atoms with van der Waals surface area (Å²) in [5, 5.41) is 0. The second-order valence-electron chi connectivity index (χ2n) is 3.47. The van der Waals surface area contributed by atoms with E-state index in [0.717, 1.165) is 17.1 Å². The van der Waals surface area contributed by atoms with Crippen LogP contribution in [0.25, 0.3) is 0 Å². The number of carbonyl (C=O) groups excluding carboxylic acids is 1. The summed E-state index contributed by atoms with van der Waals surface area (Å²) in [6.45, 7) is 4.58. The number of furan rings is 1. The van der Waals surface area contributed by atoms with Gasteiger partial charge in [0, 0.05) is 5.69 Å². The van der Waals surface area contributed by atoms with Crippen molar-refractivity contribution in [3.63, 3.8) is 0 Å². The molecule has 0 saturated carbocycles. The second kappa shape index (κ2) is 3.73. The maximum atomic E-state index is 10.4. The number of hydrogen-bond acceptors (Lipinski definition) is 3. The van der Waals surface area contributed by atoms with E-state index in [1.807, 2.05) is 18.4 Å². The van der Waals surface area contributed by atoms with Crippen molar-refractivity contribution in [2.45, 2.75) is 20.4 Å². The maximum absolute atomic E-state index is 10.4. The zero-order valence-electron chi connectivity index (χ0n) is 8.73. The van der Waals surface area contributed by atoms with Gasteiger partial charge in [0.2, 0.25) is 0 Å². The Morgan fingerprint density at radius 1 is 1.47 bits per heavy atom. The first kappa shape index (κ1) is 9.71. The highest BCUT2D eigenvalue weighted by molar-refractivity contribution is 5.70. The number of aromatic nitrogens is 2. The highest BCUT2D eigenvalue weighted by atomic mass is 16.3. The van der Waals surface area contributed by atoms with Crippen molar-refractivity contribution < 1.29 is 9.21 Å². The average molecular weight is 204 g/mol. The monoisotopic (exact) mass is 204 g/mol. The number of hydrogen-bond donors (Lipinski definition) is 0. The number of aryl methyl sites for hydroxylation is 1. The topological polar surface area (TPSA) is 48.0 Å². The first-order valence-electron chi connectivity index (χ1n) is 4.73. The third kappa shape index (κ3) is 1.83. The smallest absolute Gasteiger partial charge is 0.185 e. The molecule has 0 radical (unpaired) electrons. The predicted octanol–water partition coefficient (Wildman–Crippen LogP) is 1.95. The Balaban J connectivity index is 2.21. The Morgan fingerprint density at radius 3 is 2.80 bits per heavy atom. The summed E-state index contributed by atoms with van der Waals surface area (Å²) < 4.78 is 7.27. The molecule has 0 fully saturated rings. The zero-order valence-corrected chi connectivity index (χ0v) is 8.73. The lowest BCUT2D eigenvalue weighted by atomic mass is 10.3. The molecule has 0 bridgehead atoms. The highest BCUT2D eigenvalue weighted by Gasteiger charge is 2.05. The van der Waals surface area contributed by atoms with Crippen LogP contribution in [0.2, 0.25) is 0 Å². The van der Waals surface area contributed by atoms with Crippen molar-refractivity contribution in [1.29, 1.82) is 0 Å². The molecule has 0 aliphatic rings. The van der Waals surface area contributed by atoms with Crippen LogP contribution in [0.1, 0.15) is 27.7 Å². The van der Waals surface area contributed by atoms with Gasteiger partial charge in [-0.1, -0.05) is 0 Å². The van der Waals surface area contributed by atoms with Crippen LogP contribution in [0.5, 0.6) is 0 Å². The SMILES string of the molecule is Cc1ncn(Cc2ccc(C=O)o2)c1C. The van der Waals surface area contributed by atoms with Gasteiger partial charge in [0.15, 0.2) is 12.0 Å². The fourth-order valence-corrected chi connectivity index (χ4v) is 1.41. The maximum Gasteiger partial charge on any atom is 0.185 e. The summed E-state index contributed by atoms with van der Waals surface area (Å²) in [5.74, 6) is 1.12. The van der Waals surface area contributed by atoms with E-state index in [1.165, 1.54) is 0 Å². The molecule has 0 unspecified atom stereocenters. The molecule has 0 atom stereocenters. The Bertz CT molecular complexity index is 482. The lowest BCUT2D eigenvalue weighted by Crippen LogP contribution is -1.99. The average Bonchev–Trinajstić information content (AvgIpc) is 2.80. The molecular weight excluding hydrogens is 192 g/mol. The highest BCUT2D eigenvalue weighted by Crippen LogP contribution is 2.11. The van der Waals surface area contributed by atoms with E-state index in [9.17, 15) is 4.79 Å². The molecule has 0 aliphatic carbocycles. The van der Waals surface area contributed by atoms with Gasteiger partial charge in [0.25, 0.3) is 0 Å². The number of nitrogens with zero attached hydrogens (tertiary/aromatic N) is 2. The molecule has 0 spiro atoms. The van der Waals surface area contributed by atoms with Gasteiger partial charge >= 0.3 is 0 Å². The van der Waals surface area contributed by atoms with Crippen LogP contribution in [0.4, 0.5) is 0 Å². The molecule has 2 rings (SSSR count). The van der Waals surface area contributed by atoms with Gasteiger partial charge in [0.1, 0.15) is 5.76 Å². The summed E-state index contributed by atoms with van der Waals surface area (Å²) in [7, 11) is 0. The van der Waals surface area contributed by atoms with Crippen LogP contribution in [-0.2, 0) is 6.54 Å². The molecule has 78 valence electrons. The Morgan fingerprint density at radius 2 is 2.27 bits per heavy atom. The van der Waals surface area contributed by atoms with E-state index in [0.29, 0.717) is 18.6 Å². The largest absolute Gasteiger partial charge is 0.456 e. The van der Waals surface area contributed by atoms with Gasteiger partial charge in [-0.3, -0.25) is 4.79 Å². The van der Waals surface area contributed by atoms with E-state index in [4.69, 9.17) is 4.42 Å². The summed E-state index contributed by atoms with van der Waals surface area (Å²) in [5.41, 5.74) is 2.12. The van der Waals surface area contributed by atoms with Crippen molar-refractivity contribution in [3.8, 4) is 0 Å². The van der Waals surface area contributed by atoms with Crippen molar-refractivity contribution in [2.75, 3.05) is 0 Å². The van der Waals surface area contributed by atoms with Gasteiger partial charge in [0.05, 0.1) is 18.6 Å². The van der Waals surface area contributed by atoms with Crippen LogP contribution < -0.4 is 0 Å². The molecule has 2 heterocycles. The number of imidazole rings is 1. The third-order valence-electron chi connectivity index (χ3n) is 2.47. The van der Waals surface area contributed by atoms with Crippen LogP contribution in [0.15, 0.2) is 22.9 Å². The van der Waals surface area contributed by atoms with E-state index in [-0.39, 0.29) is 0 Å². The first-order chi connectivity index (χ1) is 7.20. The number of carbonyl (C=O) groups is 1. The van der Waals surface area contributed by atoms with Gasteiger partial charge < -0.3 is 8.98 Å². The normalized spacial score (nSPS) is 10.5. The van der Waals surface area contributed by atoms with Crippen LogP contribution >= 0.6 is 0 Å². The molecule has 0 aliphatic heterocycles. The standard InChI is InChI=1S/C11H12N2O2/c1-8-9(2)13(7-12-8)5-10-3-4-11(6-14)15-10/h3-4,6-7H,5H2,1-2H3. The Kier molecular flexibility index (Phi) is 2.41. The zero-order chi connectivity index (χ0) is 10.8. The van der Waals surface area contributed by atoms with Gasteiger partial charge in [-0.2, -0.15) is 0 Å². The predicted molar refractivity (Wildman–Crippen MR) is 54.9 cm³/mol. The molecule has 0 aromatic carbocycles. The van der Waals surface area contributed by atoms with Crippen LogP contribution in [0, 0.1) is 13.8 Å². The summed E-state index contributed by atoms with van der Waals surface area (Å²) in [4.78, 5) is 14.6. The molecule has 2 aromatic rings. The molecule has 15 heavy (non-hydrogen) atoms. The summed E-state index contributed by atoms with van der Waals surface area (Å²) in [6.07, 6.45) is 2.48. The second-order valence-corrected chi connectivity index (χ2v) is 3.47. The van der Waals surface area contributed by atoms with Crippen molar-refractivity contribution >= 4 is 6.29 Å². The molecular formula is C11H12N2O2. The van der Waals surface area contributed by atoms with E-state index >= 15 is 0 Å². The van der Waals surface area contributed by atoms with Crippen molar-refractivity contribution in [1.82, 2.24) is 9.55 Å². The van der Waals surface area contributed by atoms with E-state index in [1.54, 1.807) is 18.5 Å². The minimum Gasteiger partial charge on any atom is -0.456 e. The Labute approximate surface area is 87.5 Å². The van der Waals surface area contributed by atoms with Gasteiger partial charge in [-0.25, -0.2) is 4.98 Å². The molecule has 0 amide bonds. The first-order valence-corrected chi connectivity index (χ1v) is 4.73. The van der Waals surface area contributed by atoms with Crippen LogP contribution in [-0.4, -0.2) is 15.8 Å². The van der Waals surface area contributed by atoms with Crippen LogP contribution in [0.3, 0.4) is 0 Å². The molecule has 2 aromatic heterocycles. The van der Waals surface area contributed by atoms with E-state index in [2.05, 4.69) is 4.98 Å². The molecule has 0 N–H and O–H groups in total. The lowest BCUT2D eigenvalue weighted by Gasteiger charge is -2.01. The third-order valence-corrected chi connectivity index (χ3v) is 2.47. The lowest BCUT2D eigenvalue weighted by molar-refractivity contribution is 0.109. The number of rotatable bonds is 3. The fraction of sp³-hybridized carbons (Fsp3) is 0.273. The van der Waals surface area contributed by atoms with Crippen molar-refractivity contribution in [3.05, 3.63) is 41.4 Å². The van der Waals surface area contributed by atoms with Gasteiger partial charge in [-0.05, 0) is 26.0 Å². The van der Waals surface area contributed by atoms with Gasteiger partial charge in [-0.15, -0.1) is 0 Å². The molecule has 4 nitrogen and oxygen atoms in total. The minimum absolute atomic E-state index is 0.361. The number of aldehydes is 1. The Hall–Kier alpha value is -1.84. The summed E-state index contributed by atoms with van der Waals surface area (Å²) in [6, 6.07) is 3.47.